The molecule has 0 saturated carbocycles. The van der Waals surface area contributed by atoms with Gasteiger partial charge in [0.05, 0.1) is 54.9 Å². The van der Waals surface area contributed by atoms with Crippen LogP contribution < -0.4 is 0 Å². The van der Waals surface area contributed by atoms with E-state index in [0.29, 0.717) is 25.8 Å². The van der Waals surface area contributed by atoms with Crippen molar-refractivity contribution >= 4 is 24.2 Å². The van der Waals surface area contributed by atoms with E-state index in [1.165, 1.54) is 14.0 Å². The van der Waals surface area contributed by atoms with E-state index in [0.717, 1.165) is 11.3 Å². The van der Waals surface area contributed by atoms with Gasteiger partial charge >= 0.3 is 17.9 Å². The maximum Gasteiger partial charge on any atom is 0.309 e. The minimum Gasteiger partial charge on any atom is -0.462 e. The third-order valence-corrected chi connectivity index (χ3v) is 11.9. The van der Waals surface area contributed by atoms with Gasteiger partial charge < -0.3 is 58.0 Å². The standard InChI is InChI=1S/C46H70N4O13/c1-10-39(54)62-38-25-40(55)59-29(3)24-36(53)35(49(8)20-14-21-50-26-34(47-27-50)32-15-12-11-13-16-32)17-18-37(61-31(5)52)28(2)23-33(19-22-51)44(45(38)58-9)63-46-43(57)41(48(6)7)42(56)30(4)60-46/h11-13,15-18,22,26-30,33,35-38,41-46,53,56-57H,10,14,19-21,23-25H2,1-9H3/b18-17+/t28-,29-,30-,33+,35-,36+,37+,38-,41+,42-,43-,44+,45+,46+/m1/s1. The van der Waals surface area contributed by atoms with Crippen molar-refractivity contribution in [3.8, 4) is 11.3 Å². The third-order valence-electron chi connectivity index (χ3n) is 11.9. The molecule has 3 N–H and O–H groups in total. The predicted octanol–water partition coefficient (Wildman–Crippen LogP) is 3.17. The highest BCUT2D eigenvalue weighted by molar-refractivity contribution is 5.72. The van der Waals surface area contributed by atoms with Crippen molar-refractivity contribution in [2.24, 2.45) is 11.8 Å². The number of likely N-dealkylation sites (N-methyl/N-ethyl adjacent to an activating group) is 2. The van der Waals surface area contributed by atoms with E-state index in [4.69, 9.17) is 28.4 Å². The van der Waals surface area contributed by atoms with Crippen LogP contribution in [0.2, 0.25) is 0 Å². The molecule has 4 rings (SSSR count). The van der Waals surface area contributed by atoms with E-state index >= 15 is 0 Å². The second-order valence-corrected chi connectivity index (χ2v) is 17.2. The fraction of sp³-hybridized carbons (Fsp3) is 0.674. The number of carbonyl (C=O) groups is 4. The maximum absolute atomic E-state index is 13.7. The Morgan fingerprint density at radius 1 is 1.00 bits per heavy atom. The molecule has 2 aromatic rings. The molecule has 0 spiro atoms. The van der Waals surface area contributed by atoms with Gasteiger partial charge in [-0.05, 0) is 65.7 Å². The van der Waals surface area contributed by atoms with Gasteiger partial charge in [0.2, 0.25) is 0 Å². The number of methoxy groups -OCH3 is 1. The van der Waals surface area contributed by atoms with E-state index < -0.39 is 109 Å². The Kier molecular flexibility index (Phi) is 20.3. The summed E-state index contributed by atoms with van der Waals surface area (Å²) < 4.78 is 38.3. The number of aryl methyl sites for hydroxylation is 1. The van der Waals surface area contributed by atoms with Gasteiger partial charge in [-0.3, -0.25) is 19.3 Å². The number of rotatable bonds is 15. The summed E-state index contributed by atoms with van der Waals surface area (Å²) in [6.45, 7) is 9.25. The number of hydrogen-bond donors (Lipinski definition) is 3. The zero-order chi connectivity index (χ0) is 46.4. The largest absolute Gasteiger partial charge is 0.462 e. The van der Waals surface area contributed by atoms with E-state index in [2.05, 4.69) is 4.98 Å². The zero-order valence-corrected chi connectivity index (χ0v) is 38.2. The first kappa shape index (κ1) is 51.6. The minimum atomic E-state index is -1.38. The lowest BCUT2D eigenvalue weighted by atomic mass is 9.82. The summed E-state index contributed by atoms with van der Waals surface area (Å²) in [7, 11) is 6.63. The molecule has 17 nitrogen and oxygen atoms in total. The van der Waals surface area contributed by atoms with Crippen molar-refractivity contribution in [3.05, 3.63) is 55.0 Å². The number of aliphatic hydroxyl groups excluding tert-OH is 3. The topological polar surface area (TPSA) is 209 Å². The molecular formula is C46H70N4O13. The van der Waals surface area contributed by atoms with Crippen molar-refractivity contribution in [2.45, 2.75) is 153 Å². The van der Waals surface area contributed by atoms with Crippen LogP contribution in [0.1, 0.15) is 73.1 Å². The molecule has 1 aromatic heterocycles. The van der Waals surface area contributed by atoms with Gasteiger partial charge in [-0.25, -0.2) is 4.98 Å². The van der Waals surface area contributed by atoms with Crippen LogP contribution in [0.25, 0.3) is 11.3 Å². The molecule has 3 heterocycles. The van der Waals surface area contributed by atoms with E-state index in [-0.39, 0.29) is 25.7 Å². The van der Waals surface area contributed by atoms with Gasteiger partial charge in [-0.15, -0.1) is 0 Å². The number of hydrogen-bond acceptors (Lipinski definition) is 16. The summed E-state index contributed by atoms with van der Waals surface area (Å²) in [5, 5.41) is 34.3. The molecule has 1 saturated heterocycles. The predicted molar refractivity (Wildman–Crippen MR) is 232 cm³/mol. The molecule has 352 valence electrons. The number of esters is 3. The molecule has 2 aliphatic heterocycles. The molecule has 0 unspecified atom stereocenters. The number of carbonyl (C=O) groups excluding carboxylic acids is 4. The molecular weight excluding hydrogens is 817 g/mol. The fourth-order valence-corrected chi connectivity index (χ4v) is 8.61. The van der Waals surface area contributed by atoms with Crippen LogP contribution in [0.5, 0.6) is 0 Å². The number of cyclic esters (lactones) is 1. The second kappa shape index (κ2) is 24.8. The lowest BCUT2D eigenvalue weighted by molar-refractivity contribution is -0.310. The Bertz CT molecular complexity index is 1760. The van der Waals surface area contributed by atoms with Crippen molar-refractivity contribution in [2.75, 3.05) is 34.8 Å². The van der Waals surface area contributed by atoms with Crippen LogP contribution in [0.4, 0.5) is 0 Å². The third kappa shape index (κ3) is 14.7. The molecule has 1 fully saturated rings. The van der Waals surface area contributed by atoms with Crippen LogP contribution in [-0.2, 0) is 54.1 Å². The van der Waals surface area contributed by atoms with Gasteiger partial charge in [0.15, 0.2) is 6.29 Å². The highest BCUT2D eigenvalue weighted by Gasteiger charge is 2.49. The Labute approximate surface area is 371 Å². The van der Waals surface area contributed by atoms with Crippen LogP contribution in [0.3, 0.4) is 0 Å². The summed E-state index contributed by atoms with van der Waals surface area (Å²) in [5.41, 5.74) is 1.88. The Morgan fingerprint density at radius 2 is 1.71 bits per heavy atom. The van der Waals surface area contributed by atoms with Gasteiger partial charge in [0.1, 0.15) is 36.8 Å². The normalized spacial score (nSPS) is 33.1. The van der Waals surface area contributed by atoms with Crippen molar-refractivity contribution in [1.29, 1.82) is 0 Å². The SMILES string of the molecule is CCC(=O)O[C@@H]1CC(=O)O[C@H](C)C[C@H](O)[C@H](N(C)CCCn2cnc(-c3ccccc3)c2)/C=C/[C@H](OC(C)=O)[C@H](C)C[C@H](CC=O)[C@H](O[C@@H]2O[C@H](C)[C@@H](O)[C@H](N(C)C)[C@H]2O)[C@H]1OC. The highest BCUT2D eigenvalue weighted by atomic mass is 16.7. The summed E-state index contributed by atoms with van der Waals surface area (Å²) >= 11 is 0. The number of nitrogens with zero attached hydrogens (tertiary/aromatic N) is 4. The Morgan fingerprint density at radius 3 is 2.35 bits per heavy atom. The van der Waals surface area contributed by atoms with E-state index in [1.807, 2.05) is 60.0 Å². The maximum atomic E-state index is 13.7. The average Bonchev–Trinajstić information content (AvgIpc) is 3.70. The van der Waals surface area contributed by atoms with Gasteiger partial charge in [0, 0.05) is 58.1 Å². The van der Waals surface area contributed by atoms with Crippen LogP contribution >= 0.6 is 0 Å². The van der Waals surface area contributed by atoms with Crippen molar-refractivity contribution < 1.29 is 62.9 Å². The van der Waals surface area contributed by atoms with Gasteiger partial charge in [-0.1, -0.05) is 50.3 Å². The number of aldehydes is 1. The molecule has 2 aliphatic rings. The number of aliphatic hydroxyl groups is 3. The fourth-order valence-electron chi connectivity index (χ4n) is 8.61. The molecule has 14 atom stereocenters. The quantitative estimate of drug-likeness (QED) is 0.102. The van der Waals surface area contributed by atoms with E-state index in [9.17, 15) is 34.5 Å². The first-order valence-electron chi connectivity index (χ1n) is 22.0. The van der Waals surface area contributed by atoms with Gasteiger partial charge in [0.25, 0.3) is 0 Å². The smallest absolute Gasteiger partial charge is 0.309 e. The lowest BCUT2D eigenvalue weighted by Crippen LogP contribution is -2.63. The van der Waals surface area contributed by atoms with Crippen molar-refractivity contribution in [1.82, 2.24) is 19.4 Å². The first-order chi connectivity index (χ1) is 30.0. The van der Waals surface area contributed by atoms with Crippen LogP contribution in [0, 0.1) is 11.8 Å². The molecule has 63 heavy (non-hydrogen) atoms. The average molecular weight is 887 g/mol. The first-order valence-corrected chi connectivity index (χ1v) is 22.0. The lowest BCUT2D eigenvalue weighted by Gasteiger charge is -2.47. The van der Waals surface area contributed by atoms with Crippen molar-refractivity contribution in [3.63, 3.8) is 0 Å². The number of ether oxygens (including phenoxy) is 6. The van der Waals surface area contributed by atoms with Gasteiger partial charge in [-0.2, -0.15) is 0 Å². The van der Waals surface area contributed by atoms with E-state index in [1.54, 1.807) is 58.2 Å². The number of imidazole rings is 1. The highest BCUT2D eigenvalue weighted by Crippen LogP contribution is 2.35. The van der Waals surface area contributed by atoms with Crippen LogP contribution in [-0.4, -0.2) is 167 Å². The number of benzene rings is 1. The minimum absolute atomic E-state index is 0.0301. The molecule has 17 heteroatoms. The molecule has 0 amide bonds. The summed E-state index contributed by atoms with van der Waals surface area (Å²) in [5.74, 6) is -3.16. The Balaban J connectivity index is 1.71. The summed E-state index contributed by atoms with van der Waals surface area (Å²) in [6, 6.07) is 8.47. The second-order valence-electron chi connectivity index (χ2n) is 17.2. The monoisotopic (exact) mass is 886 g/mol. The molecule has 0 bridgehead atoms. The van der Waals surface area contributed by atoms with Crippen LogP contribution in [0.15, 0.2) is 55.0 Å². The zero-order valence-electron chi connectivity index (χ0n) is 38.2. The summed E-state index contributed by atoms with van der Waals surface area (Å²) in [6.07, 6.45) is -2.69. The summed E-state index contributed by atoms with van der Waals surface area (Å²) in [4.78, 5) is 60.0. The Hall–Kier alpha value is -4.07. The molecule has 0 radical (unpaired) electrons. The molecule has 1 aromatic carbocycles. The molecule has 0 aliphatic carbocycles. The number of aromatic nitrogens is 2.